The number of allylic oxidation sites excluding steroid dienone is 1. The fourth-order valence-electron chi connectivity index (χ4n) is 4.78. The molecule has 1 saturated heterocycles. The number of para-hydroxylation sites is 1. The molecule has 5 rings (SSSR count). The molecule has 10 heteroatoms. The van der Waals surface area contributed by atoms with E-state index in [1.807, 2.05) is 41.1 Å². The lowest BCUT2D eigenvalue weighted by atomic mass is 9.80. The Morgan fingerprint density at radius 3 is 2.74 bits per heavy atom. The number of aliphatic imine (C=N–C) groups is 1. The number of Topliss-reactive ketones (excluding diaryl/α,β-unsaturated/α-hetero) is 1. The van der Waals surface area contributed by atoms with E-state index in [2.05, 4.69) is 10.2 Å². The molecule has 0 aromatic heterocycles. The van der Waals surface area contributed by atoms with Crippen LogP contribution < -0.4 is 10.2 Å². The summed E-state index contributed by atoms with van der Waals surface area (Å²) in [6.45, 7) is 5.29. The standard InChI is InChI=1S/C24H28FN5O3S/c1-14-17-20(31)18(23(32)26-8-13-33-3)24-30(15-6-4-5-7-16(15)34-24)21(17)27-22(19(14)25)29-11-9-28(2)10-12-29/h4-7,14,17H,8-13H2,1-3H3,(H,26,32). The van der Waals surface area contributed by atoms with Gasteiger partial charge in [0.15, 0.2) is 11.6 Å². The summed E-state index contributed by atoms with van der Waals surface area (Å²) in [5, 5.41) is 3.30. The number of hydrogen-bond donors (Lipinski definition) is 1. The largest absolute Gasteiger partial charge is 0.383 e. The van der Waals surface area contributed by atoms with Gasteiger partial charge >= 0.3 is 0 Å². The Hall–Kier alpha value is -2.69. The molecule has 1 fully saturated rings. The van der Waals surface area contributed by atoms with Gasteiger partial charge in [-0.2, -0.15) is 0 Å². The number of halogens is 1. The number of carbonyl (C=O) groups is 2. The number of fused-ring (bicyclic) bond motifs is 5. The smallest absolute Gasteiger partial charge is 0.257 e. The number of thioether (sulfide) groups is 1. The maximum Gasteiger partial charge on any atom is 0.257 e. The minimum absolute atomic E-state index is 0.0592. The summed E-state index contributed by atoms with van der Waals surface area (Å²) in [5.41, 5.74) is 0.914. The molecule has 8 nitrogen and oxygen atoms in total. The van der Waals surface area contributed by atoms with E-state index in [4.69, 9.17) is 9.73 Å². The van der Waals surface area contributed by atoms with Crippen LogP contribution in [-0.2, 0) is 14.3 Å². The SMILES string of the molecule is COCCNC(=O)C1=C2Sc3ccccc3N2C2=NC(N3CCN(C)CC3)=C(F)C(C)C2C1=O. The van der Waals surface area contributed by atoms with E-state index < -0.39 is 23.6 Å². The van der Waals surface area contributed by atoms with Crippen LogP contribution in [0, 0.1) is 11.8 Å². The third-order valence-corrected chi connectivity index (χ3v) is 7.87. The van der Waals surface area contributed by atoms with Crippen LogP contribution in [0.2, 0.25) is 0 Å². The molecule has 34 heavy (non-hydrogen) atoms. The molecule has 1 aromatic carbocycles. The van der Waals surface area contributed by atoms with E-state index in [1.165, 1.54) is 11.8 Å². The van der Waals surface area contributed by atoms with Crippen LogP contribution >= 0.6 is 11.8 Å². The van der Waals surface area contributed by atoms with E-state index >= 15 is 4.39 Å². The summed E-state index contributed by atoms with van der Waals surface area (Å²) in [6, 6.07) is 7.73. The van der Waals surface area contributed by atoms with Crippen LogP contribution in [0.5, 0.6) is 0 Å². The van der Waals surface area contributed by atoms with Crippen molar-refractivity contribution in [3.63, 3.8) is 0 Å². The number of nitrogens with zero attached hydrogens (tertiary/aromatic N) is 4. The predicted octanol–water partition coefficient (Wildman–Crippen LogP) is 2.21. The number of methoxy groups -OCH3 is 1. The Morgan fingerprint density at radius 2 is 2.00 bits per heavy atom. The average molecular weight is 486 g/mol. The molecule has 2 unspecified atom stereocenters. The zero-order chi connectivity index (χ0) is 24.0. The zero-order valence-corrected chi connectivity index (χ0v) is 20.3. The molecular formula is C24H28FN5O3S. The van der Waals surface area contributed by atoms with Crippen LogP contribution in [-0.4, -0.2) is 80.8 Å². The summed E-state index contributed by atoms with van der Waals surface area (Å²) in [5.74, 6) is -2.04. The number of carbonyl (C=O) groups excluding carboxylic acids is 2. The molecule has 0 saturated carbocycles. The third kappa shape index (κ3) is 3.73. The van der Waals surface area contributed by atoms with E-state index in [0.717, 1.165) is 23.7 Å². The summed E-state index contributed by atoms with van der Waals surface area (Å²) < 4.78 is 20.7. The molecule has 180 valence electrons. The number of amides is 1. The minimum atomic E-state index is -0.866. The number of piperazine rings is 1. The maximum absolute atomic E-state index is 15.7. The second-order valence-corrected chi connectivity index (χ2v) is 9.93. The highest BCUT2D eigenvalue weighted by atomic mass is 32.2. The first-order chi connectivity index (χ1) is 16.4. The van der Waals surface area contributed by atoms with Gasteiger partial charge in [0.25, 0.3) is 5.91 Å². The number of amidine groups is 1. The lowest BCUT2D eigenvalue weighted by Gasteiger charge is -2.41. The summed E-state index contributed by atoms with van der Waals surface area (Å²) in [4.78, 5) is 38.6. The average Bonchev–Trinajstić information content (AvgIpc) is 3.21. The van der Waals surface area contributed by atoms with Gasteiger partial charge in [-0.1, -0.05) is 30.8 Å². The molecule has 1 amide bonds. The number of ketones is 1. The number of nitrogens with one attached hydrogen (secondary N) is 1. The quantitative estimate of drug-likeness (QED) is 0.506. The minimum Gasteiger partial charge on any atom is -0.383 e. The van der Waals surface area contributed by atoms with Gasteiger partial charge in [0.1, 0.15) is 22.3 Å². The molecule has 4 heterocycles. The van der Waals surface area contributed by atoms with Crippen LogP contribution in [0.25, 0.3) is 0 Å². The fraction of sp³-hybridized carbons (Fsp3) is 0.458. The number of ether oxygens (including phenoxy) is 1. The lowest BCUT2D eigenvalue weighted by molar-refractivity contribution is -0.124. The molecule has 0 aliphatic carbocycles. The fourth-order valence-corrected chi connectivity index (χ4v) is 5.98. The number of rotatable bonds is 5. The topological polar surface area (TPSA) is 77.5 Å². The van der Waals surface area contributed by atoms with Crippen molar-refractivity contribution in [3.05, 3.63) is 46.5 Å². The van der Waals surface area contributed by atoms with Crippen LogP contribution in [0.4, 0.5) is 10.1 Å². The Bertz CT molecular complexity index is 1130. The molecule has 2 atom stereocenters. The predicted molar refractivity (Wildman–Crippen MR) is 129 cm³/mol. The van der Waals surface area contributed by atoms with E-state index in [1.54, 1.807) is 14.0 Å². The number of benzene rings is 1. The van der Waals surface area contributed by atoms with Crippen molar-refractivity contribution in [2.24, 2.45) is 16.8 Å². The second kappa shape index (κ2) is 9.16. The number of hydrogen-bond acceptors (Lipinski definition) is 8. The Labute approximate surface area is 202 Å². The molecule has 1 aromatic rings. The van der Waals surface area contributed by atoms with E-state index in [0.29, 0.717) is 36.4 Å². The first-order valence-corrected chi connectivity index (χ1v) is 12.3. The van der Waals surface area contributed by atoms with Gasteiger partial charge in [-0.15, -0.1) is 0 Å². The van der Waals surface area contributed by atoms with Crippen LogP contribution in [0.3, 0.4) is 0 Å². The van der Waals surface area contributed by atoms with E-state index in [-0.39, 0.29) is 17.9 Å². The molecule has 0 bridgehead atoms. The highest BCUT2D eigenvalue weighted by Gasteiger charge is 2.51. The highest BCUT2D eigenvalue weighted by molar-refractivity contribution is 8.04. The van der Waals surface area contributed by atoms with Gasteiger partial charge in [-0.3, -0.25) is 14.5 Å². The van der Waals surface area contributed by atoms with Gasteiger partial charge in [0, 0.05) is 50.6 Å². The van der Waals surface area contributed by atoms with Gasteiger partial charge in [0.05, 0.1) is 18.2 Å². The van der Waals surface area contributed by atoms with Crippen molar-refractivity contribution in [3.8, 4) is 0 Å². The normalized spacial score (nSPS) is 24.7. The van der Waals surface area contributed by atoms with Gasteiger partial charge in [0.2, 0.25) is 0 Å². The lowest BCUT2D eigenvalue weighted by Crippen LogP contribution is -2.52. The molecular weight excluding hydrogens is 457 g/mol. The van der Waals surface area contributed by atoms with Crippen LogP contribution in [0.1, 0.15) is 6.92 Å². The first-order valence-electron chi connectivity index (χ1n) is 11.5. The third-order valence-electron chi connectivity index (χ3n) is 6.72. The summed E-state index contributed by atoms with van der Waals surface area (Å²) >= 11 is 1.38. The molecule has 0 spiro atoms. The molecule has 4 aliphatic rings. The Kier molecular flexibility index (Phi) is 6.22. The number of anilines is 1. The number of likely N-dealkylation sites (N-methyl/N-ethyl adjacent to an activating group) is 1. The van der Waals surface area contributed by atoms with Crippen molar-refractivity contribution < 1.29 is 18.7 Å². The second-order valence-electron chi connectivity index (χ2n) is 8.90. The van der Waals surface area contributed by atoms with Crippen molar-refractivity contribution in [1.82, 2.24) is 15.1 Å². The van der Waals surface area contributed by atoms with Crippen molar-refractivity contribution in [1.29, 1.82) is 0 Å². The monoisotopic (exact) mass is 485 g/mol. The van der Waals surface area contributed by atoms with Crippen molar-refractivity contribution >= 4 is 35.0 Å². The summed E-state index contributed by atoms with van der Waals surface area (Å²) in [6.07, 6.45) is 0. The highest BCUT2D eigenvalue weighted by Crippen LogP contribution is 2.52. The Morgan fingerprint density at radius 1 is 1.26 bits per heavy atom. The molecule has 0 radical (unpaired) electrons. The van der Waals surface area contributed by atoms with E-state index in [9.17, 15) is 9.59 Å². The first kappa shape index (κ1) is 23.1. The van der Waals surface area contributed by atoms with Gasteiger partial charge < -0.3 is 19.9 Å². The zero-order valence-electron chi connectivity index (χ0n) is 19.5. The van der Waals surface area contributed by atoms with Crippen molar-refractivity contribution in [2.45, 2.75) is 11.8 Å². The van der Waals surface area contributed by atoms with Gasteiger partial charge in [-0.05, 0) is 19.2 Å². The molecule has 1 N–H and O–H groups in total. The van der Waals surface area contributed by atoms with Crippen LogP contribution in [0.15, 0.2) is 56.4 Å². The summed E-state index contributed by atoms with van der Waals surface area (Å²) in [7, 11) is 3.59. The molecule has 4 aliphatic heterocycles. The van der Waals surface area contributed by atoms with Gasteiger partial charge in [-0.25, -0.2) is 9.38 Å². The Balaban J connectivity index is 1.60. The maximum atomic E-state index is 15.7. The van der Waals surface area contributed by atoms with Crippen molar-refractivity contribution in [2.75, 3.05) is 58.4 Å².